The van der Waals surface area contributed by atoms with Crippen LogP contribution in [0, 0.1) is 0 Å². The van der Waals surface area contributed by atoms with Crippen molar-refractivity contribution < 1.29 is 24.5 Å². The van der Waals surface area contributed by atoms with Crippen LogP contribution in [0.15, 0.2) is 53.3 Å². The molecule has 5 N–H and O–H groups in total. The number of aromatic hydroxyl groups is 1. The minimum atomic E-state index is -1.54. The molecule has 2 aromatic carbocycles. The first kappa shape index (κ1) is 20.4. The van der Waals surface area contributed by atoms with Crippen molar-refractivity contribution in [3.05, 3.63) is 64.6 Å². The molecule has 30 heavy (non-hydrogen) atoms. The minimum absolute atomic E-state index is 0.0641. The van der Waals surface area contributed by atoms with E-state index in [9.17, 15) is 19.5 Å². The minimum Gasteiger partial charge on any atom is -0.501 e. The third-order valence-electron chi connectivity index (χ3n) is 3.91. The molecule has 154 valence electrons. The number of H-pyrrole nitrogens is 1. The van der Waals surface area contributed by atoms with Crippen molar-refractivity contribution in [2.45, 2.75) is 6.92 Å². The molecule has 0 fully saturated rings. The van der Waals surface area contributed by atoms with E-state index in [1.54, 1.807) is 42.5 Å². The Bertz CT molecular complexity index is 1140. The lowest BCUT2D eigenvalue weighted by atomic mass is 10.2. The Morgan fingerprint density at radius 3 is 2.47 bits per heavy atom. The van der Waals surface area contributed by atoms with Crippen molar-refractivity contribution in [3.63, 3.8) is 0 Å². The van der Waals surface area contributed by atoms with E-state index in [0.717, 1.165) is 0 Å². The number of aromatic nitrogens is 2. The van der Waals surface area contributed by atoms with Gasteiger partial charge in [0.15, 0.2) is 5.69 Å². The molecule has 3 aromatic rings. The molecule has 0 saturated carbocycles. The van der Waals surface area contributed by atoms with E-state index in [1.807, 2.05) is 6.92 Å². The number of aromatic amines is 1. The van der Waals surface area contributed by atoms with Crippen LogP contribution in [0.4, 0.5) is 16.2 Å². The number of rotatable bonds is 6. The number of amides is 2. The average molecular weight is 410 g/mol. The number of benzene rings is 2. The highest BCUT2D eigenvalue weighted by Gasteiger charge is 2.17. The number of carboxylic acid groups (broad SMARTS) is 1. The summed E-state index contributed by atoms with van der Waals surface area (Å²) < 4.78 is 5.34. The first-order valence-electron chi connectivity index (χ1n) is 8.85. The predicted molar refractivity (Wildman–Crippen MR) is 109 cm³/mol. The zero-order valence-electron chi connectivity index (χ0n) is 15.8. The highest BCUT2D eigenvalue weighted by molar-refractivity contribution is 6.00. The van der Waals surface area contributed by atoms with E-state index >= 15 is 0 Å². The molecule has 0 spiro atoms. The fourth-order valence-corrected chi connectivity index (χ4v) is 2.59. The lowest BCUT2D eigenvalue weighted by Crippen LogP contribution is -2.19. The number of carbonyl (C=O) groups is 2. The van der Waals surface area contributed by atoms with Crippen LogP contribution in [-0.4, -0.2) is 38.8 Å². The fourth-order valence-electron chi connectivity index (χ4n) is 2.59. The Morgan fingerprint density at radius 1 is 1.10 bits per heavy atom. The maximum absolute atomic E-state index is 12.2. The quantitative estimate of drug-likeness (QED) is 0.419. The highest BCUT2D eigenvalue weighted by atomic mass is 16.5. The van der Waals surface area contributed by atoms with Crippen molar-refractivity contribution in [1.82, 2.24) is 9.97 Å². The van der Waals surface area contributed by atoms with E-state index in [4.69, 9.17) is 9.84 Å². The second kappa shape index (κ2) is 8.78. The lowest BCUT2D eigenvalue weighted by Gasteiger charge is -2.10. The first-order valence-corrected chi connectivity index (χ1v) is 8.85. The van der Waals surface area contributed by atoms with Gasteiger partial charge in [0.05, 0.1) is 6.61 Å². The molecule has 0 radical (unpaired) electrons. The average Bonchev–Trinajstić information content (AvgIpc) is 2.71. The molecule has 0 atom stereocenters. The zero-order valence-corrected chi connectivity index (χ0v) is 15.8. The van der Waals surface area contributed by atoms with E-state index < -0.39 is 29.0 Å². The number of urea groups is 1. The molecular weight excluding hydrogens is 392 g/mol. The molecule has 0 aliphatic rings. The molecule has 3 rings (SSSR count). The highest BCUT2D eigenvalue weighted by Crippen LogP contribution is 2.21. The molecule has 0 bridgehead atoms. The van der Waals surface area contributed by atoms with Gasteiger partial charge in [0.25, 0.3) is 5.56 Å². The number of carboxylic acids is 1. The zero-order chi connectivity index (χ0) is 21.7. The standard InChI is InChI=1S/C20H18N4O6/c1-2-30-14-8-6-12(7-9-14)21-20(29)22-13-5-3-4-11(10-13)17-23-15(19(27)28)16(25)18(26)24-17/h3-10,25H,2H2,1H3,(H,27,28)(H2,21,22,29)(H,23,24,26). The first-order chi connectivity index (χ1) is 14.4. The SMILES string of the molecule is CCOc1ccc(NC(=O)Nc2cccc(-c3nc(C(=O)O)c(O)c(=O)[nH]3)c2)cc1. The molecule has 10 nitrogen and oxygen atoms in total. The number of carbonyl (C=O) groups excluding carboxylic acids is 1. The number of anilines is 2. The monoisotopic (exact) mass is 410 g/mol. The van der Waals surface area contributed by atoms with Gasteiger partial charge >= 0.3 is 12.0 Å². The van der Waals surface area contributed by atoms with Crippen LogP contribution < -0.4 is 20.9 Å². The van der Waals surface area contributed by atoms with Crippen molar-refractivity contribution in [2.75, 3.05) is 17.2 Å². The summed E-state index contributed by atoms with van der Waals surface area (Å²) >= 11 is 0. The normalized spacial score (nSPS) is 10.3. The van der Waals surface area contributed by atoms with Gasteiger partial charge in [0.2, 0.25) is 5.75 Å². The third kappa shape index (κ3) is 4.73. The largest absolute Gasteiger partial charge is 0.501 e. The smallest absolute Gasteiger partial charge is 0.358 e. The summed E-state index contributed by atoms with van der Waals surface area (Å²) in [5.41, 5.74) is -0.468. The molecule has 2 amide bonds. The van der Waals surface area contributed by atoms with Gasteiger partial charge in [0, 0.05) is 16.9 Å². The van der Waals surface area contributed by atoms with Crippen LogP contribution in [0.2, 0.25) is 0 Å². The number of ether oxygens (including phenoxy) is 1. The van der Waals surface area contributed by atoms with Gasteiger partial charge in [-0.2, -0.15) is 0 Å². The Kier molecular flexibility index (Phi) is 5.97. The van der Waals surface area contributed by atoms with Gasteiger partial charge in [0.1, 0.15) is 11.6 Å². The van der Waals surface area contributed by atoms with E-state index in [0.29, 0.717) is 29.3 Å². The van der Waals surface area contributed by atoms with Crippen molar-refractivity contribution in [3.8, 4) is 22.9 Å². The van der Waals surface area contributed by atoms with Crippen LogP contribution in [0.1, 0.15) is 17.4 Å². The summed E-state index contributed by atoms with van der Waals surface area (Å²) in [5, 5.41) is 23.9. The third-order valence-corrected chi connectivity index (χ3v) is 3.91. The van der Waals surface area contributed by atoms with Crippen LogP contribution in [0.5, 0.6) is 11.5 Å². The molecule has 1 heterocycles. The van der Waals surface area contributed by atoms with Crippen LogP contribution in [-0.2, 0) is 0 Å². The maximum Gasteiger partial charge on any atom is 0.358 e. The van der Waals surface area contributed by atoms with Crippen molar-refractivity contribution in [2.24, 2.45) is 0 Å². The number of aromatic carboxylic acids is 1. The van der Waals surface area contributed by atoms with Crippen molar-refractivity contribution >= 4 is 23.4 Å². The fraction of sp³-hybridized carbons (Fsp3) is 0.100. The van der Waals surface area contributed by atoms with E-state index in [-0.39, 0.29) is 5.82 Å². The summed E-state index contributed by atoms with van der Waals surface area (Å²) in [6.45, 7) is 2.41. The van der Waals surface area contributed by atoms with Gasteiger partial charge in [-0.25, -0.2) is 14.6 Å². The maximum atomic E-state index is 12.2. The number of nitrogens with one attached hydrogen (secondary N) is 3. The van der Waals surface area contributed by atoms with Crippen molar-refractivity contribution in [1.29, 1.82) is 0 Å². The predicted octanol–water partition coefficient (Wildman–Crippen LogP) is 2.88. The second-order valence-electron chi connectivity index (χ2n) is 6.03. The van der Waals surface area contributed by atoms with Crippen LogP contribution >= 0.6 is 0 Å². The summed E-state index contributed by atoms with van der Waals surface area (Å²) in [4.78, 5) is 41.2. The molecule has 1 aromatic heterocycles. The second-order valence-corrected chi connectivity index (χ2v) is 6.03. The Balaban J connectivity index is 1.76. The van der Waals surface area contributed by atoms with Gasteiger partial charge in [-0.1, -0.05) is 12.1 Å². The topological polar surface area (TPSA) is 154 Å². The number of nitrogens with zero attached hydrogens (tertiary/aromatic N) is 1. The molecular formula is C20H18N4O6. The number of hydrogen-bond donors (Lipinski definition) is 5. The molecule has 0 saturated heterocycles. The Hall–Kier alpha value is -4.34. The molecule has 0 aliphatic heterocycles. The van der Waals surface area contributed by atoms with Crippen LogP contribution in [0.3, 0.4) is 0 Å². The van der Waals surface area contributed by atoms with Gasteiger partial charge < -0.3 is 30.6 Å². The molecule has 0 aliphatic carbocycles. The summed E-state index contributed by atoms with van der Waals surface area (Å²) in [5.74, 6) is -1.89. The summed E-state index contributed by atoms with van der Waals surface area (Å²) in [6.07, 6.45) is 0. The lowest BCUT2D eigenvalue weighted by molar-refractivity contribution is 0.0686. The van der Waals surface area contributed by atoms with Crippen LogP contribution in [0.25, 0.3) is 11.4 Å². The summed E-state index contributed by atoms with van der Waals surface area (Å²) in [6, 6.07) is 12.6. The Labute approximate surface area is 170 Å². The van der Waals surface area contributed by atoms with E-state index in [1.165, 1.54) is 6.07 Å². The number of hydrogen-bond acceptors (Lipinski definition) is 6. The van der Waals surface area contributed by atoms with Gasteiger partial charge in [-0.05, 0) is 43.3 Å². The molecule has 0 unspecified atom stereocenters. The van der Waals surface area contributed by atoms with Gasteiger partial charge in [-0.15, -0.1) is 0 Å². The van der Waals surface area contributed by atoms with Gasteiger partial charge in [-0.3, -0.25) is 4.79 Å². The van der Waals surface area contributed by atoms with E-state index in [2.05, 4.69) is 20.6 Å². The summed E-state index contributed by atoms with van der Waals surface area (Å²) in [7, 11) is 0. The molecule has 10 heteroatoms. The Morgan fingerprint density at radius 2 is 1.80 bits per heavy atom.